The number of carbonyl (C=O) groups excluding carboxylic acids is 1. The van der Waals surface area contributed by atoms with Crippen LogP contribution in [0.25, 0.3) is 0 Å². The number of aromatic nitrogens is 1. The lowest BCUT2D eigenvalue weighted by atomic mass is 9.96. The van der Waals surface area contributed by atoms with Gasteiger partial charge in [0.05, 0.1) is 19.0 Å². The molecule has 0 bridgehead atoms. The fraction of sp³-hybridized carbons (Fsp3) is 0.625. The van der Waals surface area contributed by atoms with Crippen LogP contribution in [0.2, 0.25) is 0 Å². The fourth-order valence-corrected chi connectivity index (χ4v) is 2.12. The van der Waals surface area contributed by atoms with Gasteiger partial charge in [0.25, 0.3) is 5.91 Å². The van der Waals surface area contributed by atoms with E-state index in [9.17, 15) is 4.79 Å². The van der Waals surface area contributed by atoms with E-state index in [2.05, 4.69) is 17.2 Å². The van der Waals surface area contributed by atoms with Crippen molar-refractivity contribution in [2.24, 2.45) is 0 Å². The van der Waals surface area contributed by atoms with E-state index in [1.165, 1.54) is 0 Å². The summed E-state index contributed by atoms with van der Waals surface area (Å²) in [6.07, 6.45) is 5.48. The Balaban J connectivity index is 2.70. The highest BCUT2D eigenvalue weighted by atomic mass is 16.5. The van der Waals surface area contributed by atoms with Crippen molar-refractivity contribution >= 4 is 11.6 Å². The predicted molar refractivity (Wildman–Crippen MR) is 83.6 cm³/mol. The molecule has 1 atom stereocenters. The molecule has 118 valence electrons. The molecule has 0 aliphatic heterocycles. The second kappa shape index (κ2) is 8.62. The monoisotopic (exact) mass is 294 g/mol. The molecule has 1 rings (SSSR count). The minimum Gasteiger partial charge on any atom is -0.481 e. The molecule has 0 aliphatic rings. The van der Waals surface area contributed by atoms with Crippen molar-refractivity contribution in [2.45, 2.75) is 52.1 Å². The lowest BCUT2D eigenvalue weighted by Crippen LogP contribution is -2.42. The molecule has 1 heterocycles. The van der Waals surface area contributed by atoms with Crippen LogP contribution in [0.15, 0.2) is 18.3 Å². The molecule has 21 heavy (non-hydrogen) atoms. The number of carbonyl (C=O) groups is 1. The highest BCUT2D eigenvalue weighted by molar-refractivity contribution is 5.96. The van der Waals surface area contributed by atoms with E-state index in [1.807, 2.05) is 13.8 Å². The zero-order valence-electron chi connectivity index (χ0n) is 13.4. The molecule has 1 aromatic rings. The average Bonchev–Trinajstić information content (AvgIpc) is 2.48. The summed E-state index contributed by atoms with van der Waals surface area (Å²) < 4.78 is 10.7. The minimum absolute atomic E-state index is 0.132. The van der Waals surface area contributed by atoms with E-state index in [0.29, 0.717) is 24.6 Å². The van der Waals surface area contributed by atoms with Gasteiger partial charge in [-0.3, -0.25) is 4.79 Å². The van der Waals surface area contributed by atoms with Gasteiger partial charge in [-0.15, -0.1) is 0 Å². The van der Waals surface area contributed by atoms with E-state index < -0.39 is 5.60 Å². The quantitative estimate of drug-likeness (QED) is 0.709. The van der Waals surface area contributed by atoms with Crippen LogP contribution in [0.1, 0.15) is 46.5 Å². The number of pyridine rings is 1. The number of nitrogens with one attached hydrogen (secondary N) is 1. The van der Waals surface area contributed by atoms with Crippen molar-refractivity contribution in [3.05, 3.63) is 18.3 Å². The van der Waals surface area contributed by atoms with Gasteiger partial charge in [-0.05, 0) is 26.3 Å². The summed E-state index contributed by atoms with van der Waals surface area (Å²) in [5.41, 5.74) is -0.161. The average molecular weight is 294 g/mol. The van der Waals surface area contributed by atoms with Crippen LogP contribution in [0, 0.1) is 0 Å². The van der Waals surface area contributed by atoms with Crippen molar-refractivity contribution in [3.63, 3.8) is 0 Å². The van der Waals surface area contributed by atoms with Crippen LogP contribution in [-0.4, -0.2) is 30.2 Å². The van der Waals surface area contributed by atoms with Crippen LogP contribution in [0.3, 0.4) is 0 Å². The molecule has 0 fully saturated rings. The van der Waals surface area contributed by atoms with Gasteiger partial charge in [0.1, 0.15) is 5.60 Å². The van der Waals surface area contributed by atoms with Crippen LogP contribution in [-0.2, 0) is 9.53 Å². The van der Waals surface area contributed by atoms with Gasteiger partial charge < -0.3 is 14.8 Å². The first kappa shape index (κ1) is 17.4. The van der Waals surface area contributed by atoms with Gasteiger partial charge in [0.2, 0.25) is 5.88 Å². The Labute approximate surface area is 127 Å². The van der Waals surface area contributed by atoms with Gasteiger partial charge in [0.15, 0.2) is 0 Å². The zero-order chi connectivity index (χ0) is 15.7. The smallest absolute Gasteiger partial charge is 0.256 e. The molecule has 0 aromatic carbocycles. The van der Waals surface area contributed by atoms with Gasteiger partial charge in [-0.2, -0.15) is 0 Å². The fourth-order valence-electron chi connectivity index (χ4n) is 2.12. The second-order valence-corrected chi connectivity index (χ2v) is 5.16. The lowest BCUT2D eigenvalue weighted by Gasteiger charge is -2.28. The van der Waals surface area contributed by atoms with E-state index in [1.54, 1.807) is 25.4 Å². The number of unbranched alkanes of at least 4 members (excludes halogenated alkanes) is 2. The van der Waals surface area contributed by atoms with Gasteiger partial charge in [-0.25, -0.2) is 4.98 Å². The lowest BCUT2D eigenvalue weighted by molar-refractivity contribution is -0.139. The van der Waals surface area contributed by atoms with E-state index in [-0.39, 0.29) is 5.91 Å². The first-order valence-electron chi connectivity index (χ1n) is 7.51. The molecule has 1 aromatic heterocycles. The van der Waals surface area contributed by atoms with Gasteiger partial charge >= 0.3 is 0 Å². The van der Waals surface area contributed by atoms with Gasteiger partial charge in [-0.1, -0.05) is 26.2 Å². The molecular formula is C16H26N2O3. The first-order valence-corrected chi connectivity index (χ1v) is 7.51. The molecule has 1 N–H and O–H groups in total. The Kier molecular flexibility index (Phi) is 7.15. The maximum Gasteiger partial charge on any atom is 0.256 e. The maximum absolute atomic E-state index is 12.5. The summed E-state index contributed by atoms with van der Waals surface area (Å²) in [6.45, 7) is 6.40. The number of rotatable bonds is 9. The number of hydrogen-bond donors (Lipinski definition) is 1. The maximum atomic E-state index is 12.5. The number of methoxy groups -OCH3 is 1. The molecule has 5 heteroatoms. The topological polar surface area (TPSA) is 60.5 Å². The summed E-state index contributed by atoms with van der Waals surface area (Å²) in [6, 6.07) is 3.48. The number of nitrogens with zero attached hydrogens (tertiary/aromatic N) is 1. The Morgan fingerprint density at radius 1 is 1.33 bits per heavy atom. The number of hydrogen-bond acceptors (Lipinski definition) is 4. The molecule has 0 spiro atoms. The molecule has 0 saturated heterocycles. The highest BCUT2D eigenvalue weighted by Gasteiger charge is 2.33. The van der Waals surface area contributed by atoms with E-state index >= 15 is 0 Å². The molecule has 0 radical (unpaired) electrons. The third-order valence-electron chi connectivity index (χ3n) is 3.40. The van der Waals surface area contributed by atoms with Gasteiger partial charge in [0, 0.05) is 12.7 Å². The van der Waals surface area contributed by atoms with E-state index in [4.69, 9.17) is 9.47 Å². The number of anilines is 1. The number of amides is 1. The first-order chi connectivity index (χ1) is 10.1. The summed E-state index contributed by atoms with van der Waals surface area (Å²) in [5, 5.41) is 2.86. The van der Waals surface area contributed by atoms with Crippen LogP contribution in [0.4, 0.5) is 5.69 Å². The SMILES string of the molecule is CCCCCC(C)(OCC)C(=O)Nc1ccc(OC)nc1. The third kappa shape index (κ3) is 5.34. The minimum atomic E-state index is -0.802. The molecule has 0 saturated carbocycles. The summed E-state index contributed by atoms with van der Waals surface area (Å²) >= 11 is 0. The summed E-state index contributed by atoms with van der Waals surface area (Å²) in [5.74, 6) is 0.385. The molecule has 1 unspecified atom stereocenters. The van der Waals surface area contributed by atoms with Crippen molar-refractivity contribution in [1.82, 2.24) is 4.98 Å². The van der Waals surface area contributed by atoms with Crippen molar-refractivity contribution in [3.8, 4) is 5.88 Å². The molecule has 0 aliphatic carbocycles. The highest BCUT2D eigenvalue weighted by Crippen LogP contribution is 2.22. The standard InChI is InChI=1S/C16H26N2O3/c1-5-7-8-11-16(3,21-6-2)15(19)18-13-9-10-14(20-4)17-12-13/h9-10,12H,5-8,11H2,1-4H3,(H,18,19). The van der Waals surface area contributed by atoms with Crippen molar-refractivity contribution < 1.29 is 14.3 Å². The Morgan fingerprint density at radius 2 is 2.10 bits per heavy atom. The van der Waals surface area contributed by atoms with Crippen LogP contribution < -0.4 is 10.1 Å². The Morgan fingerprint density at radius 3 is 2.62 bits per heavy atom. The largest absolute Gasteiger partial charge is 0.481 e. The van der Waals surface area contributed by atoms with Crippen LogP contribution >= 0.6 is 0 Å². The van der Waals surface area contributed by atoms with Crippen LogP contribution in [0.5, 0.6) is 5.88 Å². The van der Waals surface area contributed by atoms with E-state index in [0.717, 1.165) is 19.3 Å². The Hall–Kier alpha value is -1.62. The third-order valence-corrected chi connectivity index (χ3v) is 3.40. The van der Waals surface area contributed by atoms with Crippen molar-refractivity contribution in [1.29, 1.82) is 0 Å². The number of ether oxygens (including phenoxy) is 2. The molecular weight excluding hydrogens is 268 g/mol. The summed E-state index contributed by atoms with van der Waals surface area (Å²) in [7, 11) is 1.56. The van der Waals surface area contributed by atoms with Crippen molar-refractivity contribution in [2.75, 3.05) is 19.0 Å². The normalized spacial score (nSPS) is 13.5. The summed E-state index contributed by atoms with van der Waals surface area (Å²) in [4.78, 5) is 16.6. The Bertz CT molecular complexity index is 434. The second-order valence-electron chi connectivity index (χ2n) is 5.16. The molecule has 5 nitrogen and oxygen atoms in total. The zero-order valence-corrected chi connectivity index (χ0v) is 13.4. The molecule has 1 amide bonds. The predicted octanol–water partition coefficient (Wildman–Crippen LogP) is 3.40.